The Hall–Kier alpha value is -0.570. The average molecular weight is 224 g/mol. The minimum Gasteiger partial charge on any atom is -0.352 e. The van der Waals surface area contributed by atoms with Gasteiger partial charge in [0, 0.05) is 12.6 Å². The summed E-state index contributed by atoms with van der Waals surface area (Å²) in [7, 11) is 0. The Balaban J connectivity index is 1.70. The second-order valence-electron chi connectivity index (χ2n) is 5.90. The highest BCUT2D eigenvalue weighted by Crippen LogP contribution is 2.51. The first-order valence-corrected chi connectivity index (χ1v) is 6.57. The van der Waals surface area contributed by atoms with Crippen molar-refractivity contribution in [1.82, 2.24) is 10.6 Å². The molecular formula is C13H24N2O. The first-order chi connectivity index (χ1) is 7.53. The fourth-order valence-electron chi connectivity index (χ4n) is 2.12. The summed E-state index contributed by atoms with van der Waals surface area (Å²) >= 11 is 0. The van der Waals surface area contributed by atoms with Gasteiger partial charge in [0.2, 0.25) is 5.91 Å². The normalized spacial score (nSPS) is 24.2. The average Bonchev–Trinajstić information content (AvgIpc) is 3.08. The molecule has 3 heteroatoms. The number of rotatable bonds is 6. The molecule has 0 saturated heterocycles. The predicted molar refractivity (Wildman–Crippen MR) is 65.1 cm³/mol. The van der Waals surface area contributed by atoms with Gasteiger partial charge in [-0.3, -0.25) is 4.79 Å². The van der Waals surface area contributed by atoms with Gasteiger partial charge in [-0.25, -0.2) is 0 Å². The minimum absolute atomic E-state index is 0.0446. The van der Waals surface area contributed by atoms with Crippen LogP contribution >= 0.6 is 0 Å². The summed E-state index contributed by atoms with van der Waals surface area (Å²) in [6, 6.07) is 0.425. The fraction of sp³-hybridized carbons (Fsp3) is 0.923. The van der Waals surface area contributed by atoms with Gasteiger partial charge in [-0.2, -0.15) is 0 Å². The van der Waals surface area contributed by atoms with E-state index in [0.29, 0.717) is 11.5 Å². The van der Waals surface area contributed by atoms with Crippen LogP contribution in [0.3, 0.4) is 0 Å². The lowest BCUT2D eigenvalue weighted by Crippen LogP contribution is -2.45. The fourth-order valence-corrected chi connectivity index (χ4v) is 2.12. The number of carbonyl (C=O) groups excluding carboxylic acids is 1. The summed E-state index contributed by atoms with van der Waals surface area (Å²) in [5.41, 5.74) is 0.480. The monoisotopic (exact) mass is 224 g/mol. The van der Waals surface area contributed by atoms with Crippen LogP contribution in [0.25, 0.3) is 0 Å². The van der Waals surface area contributed by atoms with Crippen LogP contribution in [0.5, 0.6) is 0 Å². The summed E-state index contributed by atoms with van der Waals surface area (Å²) in [6.07, 6.45) is 4.95. The maximum Gasteiger partial charge on any atom is 0.237 e. The zero-order chi connectivity index (χ0) is 11.8. The van der Waals surface area contributed by atoms with E-state index in [0.717, 1.165) is 25.3 Å². The Morgan fingerprint density at radius 3 is 2.38 bits per heavy atom. The van der Waals surface area contributed by atoms with Crippen LogP contribution in [0.2, 0.25) is 0 Å². The summed E-state index contributed by atoms with van der Waals surface area (Å²) in [5.74, 6) is 0.890. The molecule has 2 aliphatic carbocycles. The van der Waals surface area contributed by atoms with Crippen molar-refractivity contribution in [3.05, 3.63) is 0 Å². The molecule has 0 heterocycles. The van der Waals surface area contributed by atoms with Crippen LogP contribution in [0, 0.1) is 11.3 Å². The molecule has 2 saturated carbocycles. The number of hydrogen-bond donors (Lipinski definition) is 2. The van der Waals surface area contributed by atoms with Gasteiger partial charge < -0.3 is 10.6 Å². The first-order valence-electron chi connectivity index (χ1n) is 6.57. The summed E-state index contributed by atoms with van der Waals surface area (Å²) in [5, 5.41) is 6.43. The zero-order valence-electron chi connectivity index (χ0n) is 10.7. The van der Waals surface area contributed by atoms with E-state index in [2.05, 4.69) is 24.5 Å². The second kappa shape index (κ2) is 4.36. The predicted octanol–water partition coefficient (Wildman–Crippen LogP) is 1.68. The number of nitrogens with one attached hydrogen (secondary N) is 2. The summed E-state index contributed by atoms with van der Waals surface area (Å²) in [4.78, 5) is 11.7. The van der Waals surface area contributed by atoms with Crippen molar-refractivity contribution in [2.24, 2.45) is 11.3 Å². The molecule has 0 aromatic rings. The Morgan fingerprint density at radius 1 is 1.31 bits per heavy atom. The van der Waals surface area contributed by atoms with Gasteiger partial charge in [0.05, 0.1) is 6.04 Å². The van der Waals surface area contributed by atoms with Crippen molar-refractivity contribution in [3.8, 4) is 0 Å². The quantitative estimate of drug-likeness (QED) is 0.720. The van der Waals surface area contributed by atoms with E-state index >= 15 is 0 Å². The van der Waals surface area contributed by atoms with E-state index in [-0.39, 0.29) is 11.9 Å². The third-order valence-electron chi connectivity index (χ3n) is 4.19. The van der Waals surface area contributed by atoms with Crippen LogP contribution < -0.4 is 10.6 Å². The molecule has 2 rings (SSSR count). The lowest BCUT2D eigenvalue weighted by atomic mass is 9.92. The van der Waals surface area contributed by atoms with Gasteiger partial charge in [0.15, 0.2) is 0 Å². The third-order valence-corrected chi connectivity index (χ3v) is 4.19. The van der Waals surface area contributed by atoms with Crippen LogP contribution in [0.4, 0.5) is 0 Å². The van der Waals surface area contributed by atoms with Crippen molar-refractivity contribution >= 4 is 5.91 Å². The van der Waals surface area contributed by atoms with Gasteiger partial charge in [-0.05, 0) is 43.9 Å². The third kappa shape index (κ3) is 2.76. The van der Waals surface area contributed by atoms with E-state index < -0.39 is 0 Å². The molecule has 0 aromatic carbocycles. The van der Waals surface area contributed by atoms with Crippen molar-refractivity contribution in [3.63, 3.8) is 0 Å². The molecule has 2 N–H and O–H groups in total. The maximum atomic E-state index is 11.7. The van der Waals surface area contributed by atoms with Crippen molar-refractivity contribution in [2.45, 2.75) is 58.5 Å². The largest absolute Gasteiger partial charge is 0.352 e. The standard InChI is InChI=1S/C13H24N2O/c1-9(2)13(6-7-13)8-14-10(3)12(16)15-11-4-5-11/h9-11,14H,4-8H2,1-3H3,(H,15,16). The molecule has 1 unspecified atom stereocenters. The van der Waals surface area contributed by atoms with Crippen LogP contribution in [-0.2, 0) is 4.79 Å². The maximum absolute atomic E-state index is 11.7. The molecule has 0 aromatic heterocycles. The van der Waals surface area contributed by atoms with E-state index in [4.69, 9.17) is 0 Å². The number of amides is 1. The Labute approximate surface area is 98.4 Å². The molecule has 16 heavy (non-hydrogen) atoms. The molecule has 0 radical (unpaired) electrons. The lowest BCUT2D eigenvalue weighted by molar-refractivity contribution is -0.123. The van der Waals surface area contributed by atoms with E-state index in [9.17, 15) is 4.79 Å². The molecule has 3 nitrogen and oxygen atoms in total. The van der Waals surface area contributed by atoms with Crippen LogP contribution in [0.1, 0.15) is 46.5 Å². The van der Waals surface area contributed by atoms with Gasteiger partial charge in [-0.1, -0.05) is 13.8 Å². The number of carbonyl (C=O) groups is 1. The van der Waals surface area contributed by atoms with Crippen LogP contribution in [-0.4, -0.2) is 24.5 Å². The molecular weight excluding hydrogens is 200 g/mol. The minimum atomic E-state index is -0.0446. The number of hydrogen-bond acceptors (Lipinski definition) is 2. The van der Waals surface area contributed by atoms with Gasteiger partial charge >= 0.3 is 0 Å². The van der Waals surface area contributed by atoms with E-state index in [1.165, 1.54) is 12.8 Å². The summed E-state index contributed by atoms with van der Waals surface area (Å²) in [6.45, 7) is 7.52. The molecule has 2 fully saturated rings. The SMILES string of the molecule is CC(NCC1(C(C)C)CC1)C(=O)NC1CC1. The Morgan fingerprint density at radius 2 is 1.94 bits per heavy atom. The molecule has 0 spiro atoms. The van der Waals surface area contributed by atoms with Crippen molar-refractivity contribution in [2.75, 3.05) is 6.54 Å². The highest BCUT2D eigenvalue weighted by molar-refractivity contribution is 5.81. The van der Waals surface area contributed by atoms with Gasteiger partial charge in [0.25, 0.3) is 0 Å². The highest BCUT2D eigenvalue weighted by Gasteiger charge is 2.45. The second-order valence-corrected chi connectivity index (χ2v) is 5.90. The molecule has 2 aliphatic rings. The highest BCUT2D eigenvalue weighted by atomic mass is 16.2. The Kier molecular flexibility index (Phi) is 3.24. The molecule has 0 bridgehead atoms. The lowest BCUT2D eigenvalue weighted by Gasteiger charge is -2.22. The first kappa shape index (κ1) is 11.9. The van der Waals surface area contributed by atoms with Gasteiger partial charge in [0.1, 0.15) is 0 Å². The zero-order valence-corrected chi connectivity index (χ0v) is 10.7. The smallest absolute Gasteiger partial charge is 0.237 e. The van der Waals surface area contributed by atoms with E-state index in [1.807, 2.05) is 6.92 Å². The van der Waals surface area contributed by atoms with Crippen LogP contribution in [0.15, 0.2) is 0 Å². The van der Waals surface area contributed by atoms with Crippen molar-refractivity contribution < 1.29 is 4.79 Å². The molecule has 0 aliphatic heterocycles. The van der Waals surface area contributed by atoms with Gasteiger partial charge in [-0.15, -0.1) is 0 Å². The van der Waals surface area contributed by atoms with E-state index in [1.54, 1.807) is 0 Å². The molecule has 92 valence electrons. The Bertz CT molecular complexity index is 267. The molecule has 1 amide bonds. The molecule has 1 atom stereocenters. The van der Waals surface area contributed by atoms with Crippen molar-refractivity contribution in [1.29, 1.82) is 0 Å². The topological polar surface area (TPSA) is 41.1 Å². The summed E-state index contributed by atoms with van der Waals surface area (Å²) < 4.78 is 0.